The Balaban J connectivity index is 1.82. The molecule has 2 aliphatic rings. The fourth-order valence-electron chi connectivity index (χ4n) is 3.38. The van der Waals surface area contributed by atoms with Crippen molar-refractivity contribution in [2.45, 2.75) is 70.9 Å². The van der Waals surface area contributed by atoms with Crippen LogP contribution in [-0.4, -0.2) is 36.6 Å². The smallest absolute Gasteiger partial charge is 0.0174 e. The van der Waals surface area contributed by atoms with E-state index in [-0.39, 0.29) is 0 Å². The molecule has 100 valence electrons. The fourth-order valence-corrected chi connectivity index (χ4v) is 3.38. The molecule has 1 saturated carbocycles. The molecule has 1 heterocycles. The summed E-state index contributed by atoms with van der Waals surface area (Å²) < 4.78 is 0. The number of hydrogen-bond acceptors (Lipinski definition) is 2. The third kappa shape index (κ3) is 3.23. The van der Waals surface area contributed by atoms with E-state index in [0.717, 1.165) is 6.04 Å². The first kappa shape index (κ1) is 13.4. The number of nitrogens with zero attached hydrogens (tertiary/aromatic N) is 1. The van der Waals surface area contributed by atoms with Crippen LogP contribution in [0.25, 0.3) is 0 Å². The lowest BCUT2D eigenvalue weighted by molar-refractivity contribution is 0.0647. The fraction of sp³-hybridized carbons (Fsp3) is 1.00. The number of likely N-dealkylation sites (tertiary alicyclic amines) is 1. The van der Waals surface area contributed by atoms with Crippen molar-refractivity contribution in [2.24, 2.45) is 5.41 Å². The van der Waals surface area contributed by atoms with E-state index in [1.165, 1.54) is 51.6 Å². The molecule has 2 heteroatoms. The van der Waals surface area contributed by atoms with E-state index in [1.54, 1.807) is 0 Å². The Morgan fingerprint density at radius 2 is 1.47 bits per heavy atom. The van der Waals surface area contributed by atoms with Crippen LogP contribution in [0.4, 0.5) is 0 Å². The molecule has 2 nitrogen and oxygen atoms in total. The van der Waals surface area contributed by atoms with E-state index in [4.69, 9.17) is 0 Å². The van der Waals surface area contributed by atoms with Crippen LogP contribution in [0.3, 0.4) is 0 Å². The van der Waals surface area contributed by atoms with E-state index in [9.17, 15) is 0 Å². The van der Waals surface area contributed by atoms with E-state index in [1.807, 2.05) is 0 Å². The maximum Gasteiger partial charge on any atom is 0.0174 e. The normalized spacial score (nSPS) is 30.4. The van der Waals surface area contributed by atoms with Crippen LogP contribution < -0.4 is 5.32 Å². The second-order valence-electron chi connectivity index (χ2n) is 7.24. The summed E-state index contributed by atoms with van der Waals surface area (Å²) in [5, 5.41) is 3.49. The van der Waals surface area contributed by atoms with Gasteiger partial charge in [0.2, 0.25) is 0 Å². The summed E-state index contributed by atoms with van der Waals surface area (Å²) in [5.41, 5.74) is 0.996. The first-order valence-electron chi connectivity index (χ1n) is 7.37. The van der Waals surface area contributed by atoms with E-state index < -0.39 is 0 Å². The minimum Gasteiger partial charge on any atom is -0.314 e. The maximum absolute atomic E-state index is 3.49. The molecular weight excluding hydrogens is 208 g/mol. The molecule has 0 unspecified atom stereocenters. The van der Waals surface area contributed by atoms with Crippen molar-refractivity contribution in [1.29, 1.82) is 0 Å². The van der Waals surface area contributed by atoms with Gasteiger partial charge in [-0.2, -0.15) is 0 Å². The van der Waals surface area contributed by atoms with Gasteiger partial charge in [0.1, 0.15) is 0 Å². The topological polar surface area (TPSA) is 15.3 Å². The molecule has 17 heavy (non-hydrogen) atoms. The standard InChI is InChI=1S/C15H30N2/c1-14(2)7-5-13(6-8-14)17-11-9-15(3,16-4)10-12-17/h13,16H,5-12H2,1-4H3. The predicted octanol–water partition coefficient (Wildman–Crippen LogP) is 3.03. The SMILES string of the molecule is CNC1(C)CCN(C2CCC(C)(C)CC2)CC1. The zero-order valence-electron chi connectivity index (χ0n) is 12.2. The second kappa shape index (κ2) is 4.89. The molecule has 0 aromatic rings. The van der Waals surface area contributed by atoms with Gasteiger partial charge in [0, 0.05) is 24.7 Å². The van der Waals surface area contributed by atoms with Gasteiger partial charge < -0.3 is 10.2 Å². The third-order valence-corrected chi connectivity index (χ3v) is 5.33. The zero-order chi connectivity index (χ0) is 12.5. The third-order valence-electron chi connectivity index (χ3n) is 5.33. The molecule has 1 aliphatic heterocycles. The van der Waals surface area contributed by atoms with Gasteiger partial charge in [-0.25, -0.2) is 0 Å². The molecule has 1 N–H and O–H groups in total. The highest BCUT2D eigenvalue weighted by Gasteiger charge is 2.34. The van der Waals surface area contributed by atoms with Crippen LogP contribution >= 0.6 is 0 Å². The zero-order valence-corrected chi connectivity index (χ0v) is 12.2. The summed E-state index contributed by atoms with van der Waals surface area (Å²) in [5.74, 6) is 0. The van der Waals surface area contributed by atoms with Gasteiger partial charge in [0.15, 0.2) is 0 Å². The quantitative estimate of drug-likeness (QED) is 0.795. The number of rotatable bonds is 2. The average Bonchev–Trinajstić information content (AvgIpc) is 2.31. The van der Waals surface area contributed by atoms with Gasteiger partial charge >= 0.3 is 0 Å². The van der Waals surface area contributed by atoms with Crippen LogP contribution in [0, 0.1) is 5.41 Å². The lowest BCUT2D eigenvalue weighted by Gasteiger charge is -2.45. The number of hydrogen-bond donors (Lipinski definition) is 1. The van der Waals surface area contributed by atoms with Gasteiger partial charge in [0.05, 0.1) is 0 Å². The molecule has 1 aliphatic carbocycles. The maximum atomic E-state index is 3.49. The van der Waals surface area contributed by atoms with Crippen molar-refractivity contribution in [2.75, 3.05) is 20.1 Å². The van der Waals surface area contributed by atoms with Crippen LogP contribution in [0.2, 0.25) is 0 Å². The average molecular weight is 238 g/mol. The summed E-state index contributed by atoms with van der Waals surface area (Å²) in [4.78, 5) is 2.76. The highest BCUT2D eigenvalue weighted by Crippen LogP contribution is 2.38. The molecule has 0 radical (unpaired) electrons. The second-order valence-corrected chi connectivity index (χ2v) is 7.24. The lowest BCUT2D eigenvalue weighted by Crippen LogP contribution is -2.53. The molecule has 2 rings (SSSR count). The molecule has 0 amide bonds. The Bertz CT molecular complexity index is 242. The Morgan fingerprint density at radius 3 is 1.94 bits per heavy atom. The van der Waals surface area contributed by atoms with Gasteiger partial charge in [-0.1, -0.05) is 13.8 Å². The summed E-state index contributed by atoms with van der Waals surface area (Å²) in [6.45, 7) is 9.81. The van der Waals surface area contributed by atoms with E-state index in [0.29, 0.717) is 11.0 Å². The van der Waals surface area contributed by atoms with Crippen LogP contribution in [0.5, 0.6) is 0 Å². The van der Waals surface area contributed by atoms with Crippen LogP contribution in [-0.2, 0) is 0 Å². The van der Waals surface area contributed by atoms with E-state index >= 15 is 0 Å². The Morgan fingerprint density at radius 1 is 0.941 bits per heavy atom. The summed E-state index contributed by atoms with van der Waals surface area (Å²) in [7, 11) is 2.11. The van der Waals surface area contributed by atoms with Crippen molar-refractivity contribution in [3.8, 4) is 0 Å². The predicted molar refractivity (Wildman–Crippen MR) is 74.3 cm³/mol. The monoisotopic (exact) mass is 238 g/mol. The van der Waals surface area contributed by atoms with Gasteiger partial charge in [-0.15, -0.1) is 0 Å². The van der Waals surface area contributed by atoms with Crippen molar-refractivity contribution in [1.82, 2.24) is 10.2 Å². The van der Waals surface area contributed by atoms with Crippen molar-refractivity contribution in [3.63, 3.8) is 0 Å². The minimum atomic E-state index is 0.393. The van der Waals surface area contributed by atoms with Crippen molar-refractivity contribution >= 4 is 0 Å². The van der Waals surface area contributed by atoms with Gasteiger partial charge in [-0.3, -0.25) is 0 Å². The van der Waals surface area contributed by atoms with Crippen LogP contribution in [0.1, 0.15) is 59.3 Å². The first-order chi connectivity index (χ1) is 7.94. The number of piperidine rings is 1. The molecule has 0 spiro atoms. The molecule has 0 aromatic carbocycles. The molecule has 1 saturated heterocycles. The molecule has 0 bridgehead atoms. The number of nitrogens with one attached hydrogen (secondary N) is 1. The van der Waals surface area contributed by atoms with Gasteiger partial charge in [-0.05, 0) is 57.9 Å². The van der Waals surface area contributed by atoms with Crippen molar-refractivity contribution < 1.29 is 0 Å². The first-order valence-corrected chi connectivity index (χ1v) is 7.37. The van der Waals surface area contributed by atoms with E-state index in [2.05, 4.69) is 38.0 Å². The Labute approximate surface area is 107 Å². The Hall–Kier alpha value is -0.0800. The Kier molecular flexibility index (Phi) is 3.84. The summed E-state index contributed by atoms with van der Waals surface area (Å²) in [6, 6.07) is 0.879. The molecular formula is C15H30N2. The summed E-state index contributed by atoms with van der Waals surface area (Å²) >= 11 is 0. The largest absolute Gasteiger partial charge is 0.314 e. The van der Waals surface area contributed by atoms with Gasteiger partial charge in [0.25, 0.3) is 0 Å². The van der Waals surface area contributed by atoms with Crippen LogP contribution in [0.15, 0.2) is 0 Å². The summed E-state index contributed by atoms with van der Waals surface area (Å²) in [6.07, 6.45) is 8.29. The lowest BCUT2D eigenvalue weighted by atomic mass is 9.74. The highest BCUT2D eigenvalue weighted by molar-refractivity contribution is 4.92. The highest BCUT2D eigenvalue weighted by atomic mass is 15.2. The molecule has 2 fully saturated rings. The minimum absolute atomic E-state index is 0.393. The molecule has 0 atom stereocenters. The van der Waals surface area contributed by atoms with Crippen molar-refractivity contribution in [3.05, 3.63) is 0 Å². The molecule has 0 aromatic heterocycles.